The van der Waals surface area contributed by atoms with E-state index >= 15 is 0 Å². The van der Waals surface area contributed by atoms with Crippen LogP contribution in [0.25, 0.3) is 0 Å². The first-order valence-corrected chi connectivity index (χ1v) is 4.15. The molecule has 0 spiro atoms. The van der Waals surface area contributed by atoms with E-state index in [1.165, 1.54) is 31.4 Å². The summed E-state index contributed by atoms with van der Waals surface area (Å²) in [5.41, 5.74) is 0.522. The average molecular weight is 210 g/mol. The fourth-order valence-electron chi connectivity index (χ4n) is 1.06. The van der Waals surface area contributed by atoms with Crippen LogP contribution in [-0.2, 0) is 9.53 Å². The van der Waals surface area contributed by atoms with Gasteiger partial charge in [0, 0.05) is 0 Å². The summed E-state index contributed by atoms with van der Waals surface area (Å²) in [4.78, 5) is 21.5. The Morgan fingerprint density at radius 1 is 1.27 bits per heavy atom. The first-order chi connectivity index (χ1) is 7.06. The predicted octanol–water partition coefficient (Wildman–Crippen LogP) is 0.591. The minimum Gasteiger partial charge on any atom is -0.479 e. The van der Waals surface area contributed by atoms with Crippen LogP contribution < -0.4 is 0 Å². The monoisotopic (exact) mass is 210 g/mol. The summed E-state index contributed by atoms with van der Waals surface area (Å²) in [5, 5.41) is 17.7. The Balaban J connectivity index is 2.90. The molecule has 0 fully saturated rings. The van der Waals surface area contributed by atoms with E-state index in [-0.39, 0.29) is 5.56 Å². The van der Waals surface area contributed by atoms with Crippen LogP contribution in [0.5, 0.6) is 0 Å². The van der Waals surface area contributed by atoms with Gasteiger partial charge in [0.25, 0.3) is 0 Å². The molecule has 0 saturated carbocycles. The number of carbonyl (C=O) groups excluding carboxylic acids is 1. The van der Waals surface area contributed by atoms with E-state index in [4.69, 9.17) is 10.2 Å². The Labute approximate surface area is 85.9 Å². The zero-order valence-corrected chi connectivity index (χ0v) is 8.01. The van der Waals surface area contributed by atoms with Crippen molar-refractivity contribution in [1.82, 2.24) is 0 Å². The number of methoxy groups -OCH3 is 1. The Bertz CT molecular complexity index is 368. The van der Waals surface area contributed by atoms with E-state index in [0.717, 1.165) is 0 Å². The quantitative estimate of drug-likeness (QED) is 0.713. The number of benzene rings is 1. The summed E-state index contributed by atoms with van der Waals surface area (Å²) in [6, 6.07) is 5.52. The van der Waals surface area contributed by atoms with Gasteiger partial charge in [-0.05, 0) is 17.7 Å². The maximum atomic E-state index is 11.0. The Morgan fingerprint density at radius 2 is 1.80 bits per heavy atom. The molecule has 0 heterocycles. The number of aliphatic carboxylic acids is 1. The molecule has 5 heteroatoms. The van der Waals surface area contributed by atoms with Crippen molar-refractivity contribution in [3.8, 4) is 0 Å². The molecule has 0 aliphatic heterocycles. The highest BCUT2D eigenvalue weighted by Gasteiger charge is 2.16. The lowest BCUT2D eigenvalue weighted by Gasteiger charge is -2.05. The summed E-state index contributed by atoms with van der Waals surface area (Å²) in [6.07, 6.45) is -1.57. The van der Waals surface area contributed by atoms with Crippen LogP contribution in [0.2, 0.25) is 0 Å². The Hall–Kier alpha value is -1.88. The zero-order valence-electron chi connectivity index (χ0n) is 8.01. The fraction of sp³-hybridized carbons (Fsp3) is 0.200. The Morgan fingerprint density at radius 3 is 2.20 bits per heavy atom. The van der Waals surface area contributed by atoms with E-state index < -0.39 is 18.0 Å². The first kappa shape index (κ1) is 11.2. The number of carboxylic acid groups (broad SMARTS) is 1. The normalized spacial score (nSPS) is 11.9. The molecule has 0 radical (unpaired) electrons. The van der Waals surface area contributed by atoms with E-state index in [0.29, 0.717) is 5.56 Å². The van der Waals surface area contributed by atoms with Gasteiger partial charge in [-0.1, -0.05) is 12.1 Å². The Kier molecular flexibility index (Phi) is 3.41. The number of ether oxygens (including phenoxy) is 1. The molecule has 0 saturated heterocycles. The van der Waals surface area contributed by atoms with E-state index in [2.05, 4.69) is 4.74 Å². The highest BCUT2D eigenvalue weighted by molar-refractivity contribution is 5.89. The minimum atomic E-state index is -1.57. The van der Waals surface area contributed by atoms with Crippen LogP contribution in [0.4, 0.5) is 0 Å². The van der Waals surface area contributed by atoms with Gasteiger partial charge < -0.3 is 14.9 Å². The van der Waals surface area contributed by atoms with Crippen LogP contribution in [-0.4, -0.2) is 29.3 Å². The predicted molar refractivity (Wildman–Crippen MR) is 50.4 cm³/mol. The number of aliphatic hydroxyl groups is 1. The smallest absolute Gasteiger partial charge is 0.337 e. The maximum Gasteiger partial charge on any atom is 0.337 e. The van der Waals surface area contributed by atoms with Crippen LogP contribution in [0.15, 0.2) is 24.3 Å². The fourth-order valence-corrected chi connectivity index (χ4v) is 1.06. The van der Waals surface area contributed by atoms with Gasteiger partial charge in [-0.15, -0.1) is 0 Å². The summed E-state index contributed by atoms with van der Waals surface area (Å²) < 4.78 is 4.47. The van der Waals surface area contributed by atoms with Crippen molar-refractivity contribution < 1.29 is 24.5 Å². The zero-order chi connectivity index (χ0) is 11.4. The van der Waals surface area contributed by atoms with E-state index in [9.17, 15) is 9.59 Å². The van der Waals surface area contributed by atoms with Crippen LogP contribution in [0, 0.1) is 0 Å². The van der Waals surface area contributed by atoms with Gasteiger partial charge in [-0.2, -0.15) is 0 Å². The van der Waals surface area contributed by atoms with Gasteiger partial charge in [0.05, 0.1) is 12.7 Å². The van der Waals surface area contributed by atoms with Crippen molar-refractivity contribution >= 4 is 11.9 Å². The van der Waals surface area contributed by atoms with Gasteiger partial charge in [0.15, 0.2) is 6.10 Å². The number of hydrogen-bond acceptors (Lipinski definition) is 4. The molecule has 2 N–H and O–H groups in total. The lowest BCUT2D eigenvalue weighted by Crippen LogP contribution is -2.10. The highest BCUT2D eigenvalue weighted by Crippen LogP contribution is 2.14. The third-order valence-electron chi connectivity index (χ3n) is 1.88. The number of aliphatic hydroxyl groups excluding tert-OH is 1. The van der Waals surface area contributed by atoms with Crippen molar-refractivity contribution in [2.75, 3.05) is 7.11 Å². The second kappa shape index (κ2) is 4.56. The molecule has 0 unspecified atom stereocenters. The lowest BCUT2D eigenvalue weighted by atomic mass is 10.1. The van der Waals surface area contributed by atoms with Gasteiger partial charge in [-0.25, -0.2) is 9.59 Å². The summed E-state index contributed by atoms with van der Waals surface area (Å²) in [7, 11) is 1.25. The standard InChI is InChI=1S/C10H10O5/c1-15-10(14)7-4-2-6(3-5-7)8(11)9(12)13/h2-5,8,11H,1H3,(H,12,13)/t8-/m1/s1. The van der Waals surface area contributed by atoms with Crippen molar-refractivity contribution in [2.45, 2.75) is 6.10 Å². The molecule has 0 amide bonds. The minimum absolute atomic E-state index is 0.218. The molecule has 0 aliphatic carbocycles. The number of rotatable bonds is 3. The van der Waals surface area contributed by atoms with Gasteiger partial charge in [-0.3, -0.25) is 0 Å². The molecule has 0 aromatic heterocycles. The highest BCUT2D eigenvalue weighted by atomic mass is 16.5. The molecule has 0 aliphatic rings. The van der Waals surface area contributed by atoms with Crippen LogP contribution >= 0.6 is 0 Å². The number of esters is 1. The largest absolute Gasteiger partial charge is 0.479 e. The second-order valence-corrected chi connectivity index (χ2v) is 2.85. The lowest BCUT2D eigenvalue weighted by molar-refractivity contribution is -0.146. The third-order valence-corrected chi connectivity index (χ3v) is 1.88. The number of carboxylic acids is 1. The van der Waals surface area contributed by atoms with Crippen molar-refractivity contribution in [3.63, 3.8) is 0 Å². The van der Waals surface area contributed by atoms with Crippen molar-refractivity contribution in [3.05, 3.63) is 35.4 Å². The molecular formula is C10H10O5. The SMILES string of the molecule is COC(=O)c1ccc([C@@H](O)C(=O)O)cc1. The first-order valence-electron chi connectivity index (χ1n) is 4.15. The van der Waals surface area contributed by atoms with E-state index in [1.54, 1.807) is 0 Å². The van der Waals surface area contributed by atoms with Gasteiger partial charge in [0.1, 0.15) is 0 Å². The van der Waals surface area contributed by atoms with Crippen molar-refractivity contribution in [2.24, 2.45) is 0 Å². The van der Waals surface area contributed by atoms with Crippen LogP contribution in [0.1, 0.15) is 22.0 Å². The molecule has 0 bridgehead atoms. The van der Waals surface area contributed by atoms with Gasteiger partial charge >= 0.3 is 11.9 Å². The maximum absolute atomic E-state index is 11.0. The summed E-state index contributed by atoms with van der Waals surface area (Å²) in [6.45, 7) is 0. The molecule has 80 valence electrons. The molecule has 1 atom stereocenters. The molecular weight excluding hydrogens is 200 g/mol. The number of hydrogen-bond donors (Lipinski definition) is 2. The summed E-state index contributed by atoms with van der Waals surface area (Å²) in [5.74, 6) is -1.84. The molecule has 1 aromatic rings. The average Bonchev–Trinajstić information content (AvgIpc) is 2.27. The van der Waals surface area contributed by atoms with E-state index in [1.807, 2.05) is 0 Å². The van der Waals surface area contributed by atoms with Gasteiger partial charge in [0.2, 0.25) is 0 Å². The molecule has 1 aromatic carbocycles. The molecule has 5 nitrogen and oxygen atoms in total. The summed E-state index contributed by atoms with van der Waals surface area (Å²) >= 11 is 0. The topological polar surface area (TPSA) is 83.8 Å². The molecule has 1 rings (SSSR count). The number of carbonyl (C=O) groups is 2. The second-order valence-electron chi connectivity index (χ2n) is 2.85. The van der Waals surface area contributed by atoms with Crippen molar-refractivity contribution in [1.29, 1.82) is 0 Å². The third kappa shape index (κ3) is 2.54. The molecule has 15 heavy (non-hydrogen) atoms. The van der Waals surface area contributed by atoms with Crippen LogP contribution in [0.3, 0.4) is 0 Å².